The van der Waals surface area contributed by atoms with Gasteiger partial charge < -0.3 is 26.2 Å². The lowest BCUT2D eigenvalue weighted by Gasteiger charge is -2.37. The minimum atomic E-state index is -0.842. The molecule has 2 aromatic rings. The first-order valence-electron chi connectivity index (χ1n) is 18.4. The molecule has 0 aliphatic heterocycles. The van der Waals surface area contributed by atoms with Crippen LogP contribution >= 0.6 is 0 Å². The Hall–Kier alpha value is -4.01. The number of fused-ring (bicyclic) bond motifs is 1. The summed E-state index contributed by atoms with van der Waals surface area (Å²) >= 11 is 0. The second kappa shape index (κ2) is 21.9. The molecule has 50 heavy (non-hydrogen) atoms. The summed E-state index contributed by atoms with van der Waals surface area (Å²) in [4.78, 5) is 45.0. The summed E-state index contributed by atoms with van der Waals surface area (Å²) in [6.07, 6.45) is 17.8. The second-order valence-corrected chi connectivity index (χ2v) is 13.2. The van der Waals surface area contributed by atoms with E-state index < -0.39 is 12.1 Å². The molecule has 4 N–H and O–H groups in total. The predicted molar refractivity (Wildman–Crippen MR) is 210 cm³/mol. The molecule has 3 atom stereocenters. The number of benzene rings is 2. The van der Waals surface area contributed by atoms with Gasteiger partial charge >= 0.3 is 0 Å². The van der Waals surface area contributed by atoms with Crippen LogP contribution in [0.25, 0.3) is 10.8 Å². The molecule has 0 spiro atoms. The van der Waals surface area contributed by atoms with Crippen molar-refractivity contribution in [3.8, 4) is 0 Å². The van der Waals surface area contributed by atoms with E-state index in [0.717, 1.165) is 60.4 Å². The molecule has 0 saturated heterocycles. The minimum Gasteiger partial charge on any atom is -0.354 e. The number of nitrogens with zero attached hydrogens (tertiary/aromatic N) is 2. The number of carbonyl (C=O) groups is 3. The Morgan fingerprint density at radius 1 is 1.00 bits per heavy atom. The quantitative estimate of drug-likeness (QED) is 0.111. The Balaban J connectivity index is 0.00000425. The van der Waals surface area contributed by atoms with Gasteiger partial charge in [0, 0.05) is 45.1 Å². The molecular weight excluding hydrogens is 622 g/mol. The number of hydrogen-bond donors (Lipinski definition) is 3. The van der Waals surface area contributed by atoms with Crippen molar-refractivity contribution in [3.05, 3.63) is 96.6 Å². The van der Waals surface area contributed by atoms with Crippen LogP contribution < -0.4 is 16.4 Å². The summed E-state index contributed by atoms with van der Waals surface area (Å²) in [6, 6.07) is 12.8. The number of amides is 3. The Labute approximate surface area is 301 Å². The van der Waals surface area contributed by atoms with Gasteiger partial charge in [0.05, 0.1) is 0 Å². The molecule has 3 unspecified atom stereocenters. The average molecular weight is 686 g/mol. The summed E-state index contributed by atoms with van der Waals surface area (Å²) in [7, 11) is 5.26. The Morgan fingerprint density at radius 2 is 1.70 bits per heavy atom. The molecule has 3 amide bonds. The van der Waals surface area contributed by atoms with Crippen molar-refractivity contribution < 1.29 is 14.4 Å². The fraction of sp³-hybridized carbons (Fsp3) is 0.500. The summed E-state index contributed by atoms with van der Waals surface area (Å²) in [6.45, 7) is 12.4. The van der Waals surface area contributed by atoms with Crippen LogP contribution in [0.1, 0.15) is 84.6 Å². The smallest absolute Gasteiger partial charge is 0.246 e. The third kappa shape index (κ3) is 12.7. The van der Waals surface area contributed by atoms with E-state index in [-0.39, 0.29) is 23.3 Å². The molecular formula is C42H63N5O3. The van der Waals surface area contributed by atoms with Gasteiger partial charge in [0.25, 0.3) is 0 Å². The topological polar surface area (TPSA) is 108 Å². The fourth-order valence-electron chi connectivity index (χ4n) is 6.32. The van der Waals surface area contributed by atoms with Gasteiger partial charge in [-0.05, 0) is 80.5 Å². The van der Waals surface area contributed by atoms with Gasteiger partial charge in [-0.3, -0.25) is 14.4 Å². The van der Waals surface area contributed by atoms with E-state index in [2.05, 4.69) is 30.2 Å². The van der Waals surface area contributed by atoms with Crippen molar-refractivity contribution in [1.82, 2.24) is 20.4 Å². The average Bonchev–Trinajstić information content (AvgIpc) is 3.11. The maximum Gasteiger partial charge on any atom is 0.246 e. The standard InChI is InChI=1S/C40H57N5O3.C2H6/c1-7-14-30(15-8-2)28-35(38(47)43-26-22-34(42-4)16-9-3)45(6)39(48)36(29-31-20-21-32-17-10-11-18-33(32)27-31)44(5)37(46)19-12-23-40(41)24-13-25-40;1-2/h7-8,10-12,14-15,17-21,27,34-36,42H,1,9,13,16,22-26,28-29,41H2,2-6H3,(H,43,47);1-2H3/b15-8-,19-12+,30-14+;. The lowest BCUT2D eigenvalue weighted by Crippen LogP contribution is -2.55. The summed E-state index contributed by atoms with van der Waals surface area (Å²) in [5.41, 5.74) is 7.94. The highest BCUT2D eigenvalue weighted by Gasteiger charge is 2.35. The maximum absolute atomic E-state index is 14.5. The zero-order valence-electron chi connectivity index (χ0n) is 31.7. The third-order valence-electron chi connectivity index (χ3n) is 9.57. The molecule has 3 rings (SSSR count). The lowest BCUT2D eigenvalue weighted by atomic mass is 9.75. The molecule has 1 aliphatic rings. The molecule has 1 fully saturated rings. The number of carbonyl (C=O) groups excluding carboxylic acids is 3. The van der Waals surface area contributed by atoms with E-state index in [4.69, 9.17) is 5.73 Å². The summed E-state index contributed by atoms with van der Waals surface area (Å²) in [5, 5.41) is 8.57. The number of allylic oxidation sites excluding steroid dienone is 4. The van der Waals surface area contributed by atoms with Crippen LogP contribution in [0.2, 0.25) is 0 Å². The molecule has 0 radical (unpaired) electrons. The largest absolute Gasteiger partial charge is 0.354 e. The first-order chi connectivity index (χ1) is 24.0. The maximum atomic E-state index is 14.5. The van der Waals surface area contributed by atoms with Gasteiger partial charge in [0.1, 0.15) is 12.1 Å². The summed E-state index contributed by atoms with van der Waals surface area (Å²) < 4.78 is 0. The molecule has 1 aliphatic carbocycles. The van der Waals surface area contributed by atoms with Gasteiger partial charge in [0.2, 0.25) is 17.7 Å². The highest BCUT2D eigenvalue weighted by atomic mass is 16.2. The van der Waals surface area contributed by atoms with Crippen molar-refractivity contribution in [2.75, 3.05) is 27.7 Å². The lowest BCUT2D eigenvalue weighted by molar-refractivity contribution is -0.146. The van der Waals surface area contributed by atoms with E-state index in [0.29, 0.717) is 31.8 Å². The molecule has 274 valence electrons. The van der Waals surface area contributed by atoms with Crippen molar-refractivity contribution in [3.63, 3.8) is 0 Å². The van der Waals surface area contributed by atoms with Gasteiger partial charge in [-0.2, -0.15) is 0 Å². The van der Waals surface area contributed by atoms with Crippen molar-refractivity contribution in [2.24, 2.45) is 5.73 Å². The number of rotatable bonds is 19. The molecule has 1 saturated carbocycles. The van der Waals surface area contributed by atoms with E-state index in [9.17, 15) is 14.4 Å². The minimum absolute atomic E-state index is 0.233. The van der Waals surface area contributed by atoms with Crippen molar-refractivity contribution in [2.45, 2.75) is 109 Å². The number of nitrogens with two attached hydrogens (primary N) is 1. The molecule has 8 heteroatoms. The van der Waals surface area contributed by atoms with Crippen LogP contribution in [-0.4, -0.2) is 78.9 Å². The third-order valence-corrected chi connectivity index (χ3v) is 9.57. The highest BCUT2D eigenvalue weighted by Crippen LogP contribution is 2.32. The zero-order chi connectivity index (χ0) is 37.1. The fourth-order valence-corrected chi connectivity index (χ4v) is 6.32. The van der Waals surface area contributed by atoms with Crippen LogP contribution in [0, 0.1) is 0 Å². The van der Waals surface area contributed by atoms with Crippen LogP contribution in [-0.2, 0) is 20.8 Å². The molecule has 2 aromatic carbocycles. The van der Waals surface area contributed by atoms with E-state index in [1.165, 1.54) is 15.9 Å². The number of likely N-dealkylation sites (N-methyl/N-ethyl adjacent to an activating group) is 2. The van der Waals surface area contributed by atoms with Crippen LogP contribution in [0.5, 0.6) is 0 Å². The molecule has 8 nitrogen and oxygen atoms in total. The Bertz CT molecular complexity index is 1470. The van der Waals surface area contributed by atoms with Crippen molar-refractivity contribution >= 4 is 28.5 Å². The molecule has 0 aromatic heterocycles. The second-order valence-electron chi connectivity index (χ2n) is 13.2. The summed E-state index contributed by atoms with van der Waals surface area (Å²) in [5.74, 6) is -0.815. The van der Waals surface area contributed by atoms with Crippen LogP contribution in [0.15, 0.2) is 91.1 Å². The predicted octanol–water partition coefficient (Wildman–Crippen LogP) is 6.86. The SMILES string of the molecule is C=C/C=C(\C=C/C)CC(C(=O)NCCC(CCC)NC)N(C)C(=O)C(Cc1ccc2ccccc2c1)N(C)C(=O)/C=C/CC1(N)CCC1.CC. The van der Waals surface area contributed by atoms with Crippen LogP contribution in [0.4, 0.5) is 0 Å². The molecule has 0 heterocycles. The Kier molecular flexibility index (Phi) is 18.5. The van der Waals surface area contributed by atoms with Gasteiger partial charge in [-0.25, -0.2) is 0 Å². The Morgan fingerprint density at radius 3 is 2.30 bits per heavy atom. The number of nitrogens with one attached hydrogen (secondary N) is 2. The monoisotopic (exact) mass is 685 g/mol. The van der Waals surface area contributed by atoms with Gasteiger partial charge in [0.15, 0.2) is 0 Å². The highest BCUT2D eigenvalue weighted by molar-refractivity contribution is 5.95. The number of hydrogen-bond acceptors (Lipinski definition) is 5. The van der Waals surface area contributed by atoms with Gasteiger partial charge in [-0.15, -0.1) is 0 Å². The first-order valence-corrected chi connectivity index (χ1v) is 18.4. The van der Waals surface area contributed by atoms with Crippen molar-refractivity contribution in [1.29, 1.82) is 0 Å². The zero-order valence-corrected chi connectivity index (χ0v) is 31.7. The van der Waals surface area contributed by atoms with E-state index in [1.807, 2.05) is 88.5 Å². The van der Waals surface area contributed by atoms with E-state index in [1.54, 1.807) is 20.2 Å². The van der Waals surface area contributed by atoms with Crippen LogP contribution in [0.3, 0.4) is 0 Å². The molecule has 0 bridgehead atoms. The van der Waals surface area contributed by atoms with Gasteiger partial charge in [-0.1, -0.05) is 107 Å². The normalized spacial score (nSPS) is 15.8. The van der Waals surface area contributed by atoms with E-state index >= 15 is 0 Å². The first kappa shape index (κ1) is 42.2.